The number of rotatable bonds is 8. The van der Waals surface area contributed by atoms with Crippen molar-refractivity contribution in [1.82, 2.24) is 10.2 Å². The number of amides is 2. The summed E-state index contributed by atoms with van der Waals surface area (Å²) in [7, 11) is 1.32. The number of nitrogens with one attached hydrogen (secondary N) is 1. The van der Waals surface area contributed by atoms with Crippen LogP contribution >= 0.6 is 0 Å². The van der Waals surface area contributed by atoms with E-state index < -0.39 is 17.4 Å². The number of methoxy groups -OCH3 is 1. The molecule has 2 amide bonds. The first-order chi connectivity index (χ1) is 13.6. The second-order valence-electron chi connectivity index (χ2n) is 9.12. The average Bonchev–Trinajstić information content (AvgIpc) is 2.65. The van der Waals surface area contributed by atoms with Gasteiger partial charge in [0, 0.05) is 25.9 Å². The zero-order valence-corrected chi connectivity index (χ0v) is 18.3. The van der Waals surface area contributed by atoms with Crippen LogP contribution in [0.2, 0.25) is 0 Å². The van der Waals surface area contributed by atoms with E-state index in [4.69, 9.17) is 4.74 Å². The Morgan fingerprint density at radius 2 is 1.79 bits per heavy atom. The second-order valence-corrected chi connectivity index (χ2v) is 9.12. The number of hydrogen-bond donors (Lipinski definition) is 1. The van der Waals surface area contributed by atoms with Gasteiger partial charge in [-0.1, -0.05) is 52.0 Å². The third kappa shape index (κ3) is 6.87. The molecule has 0 radical (unpaired) electrons. The van der Waals surface area contributed by atoms with Crippen molar-refractivity contribution in [2.45, 2.75) is 66.0 Å². The van der Waals surface area contributed by atoms with E-state index >= 15 is 0 Å². The van der Waals surface area contributed by atoms with Crippen LogP contribution in [0.4, 0.5) is 0 Å². The molecule has 2 rings (SSSR count). The molecule has 1 aromatic carbocycles. The highest BCUT2D eigenvalue weighted by molar-refractivity contribution is 5.85. The van der Waals surface area contributed by atoms with Gasteiger partial charge in [-0.25, -0.2) is 4.79 Å². The molecule has 1 heterocycles. The summed E-state index contributed by atoms with van der Waals surface area (Å²) in [5, 5.41) is 2.78. The van der Waals surface area contributed by atoms with Crippen molar-refractivity contribution >= 4 is 17.8 Å². The van der Waals surface area contributed by atoms with E-state index in [0.717, 1.165) is 6.42 Å². The monoisotopic (exact) mass is 402 g/mol. The lowest BCUT2D eigenvalue weighted by atomic mass is 9.84. The van der Waals surface area contributed by atoms with Gasteiger partial charge < -0.3 is 15.0 Å². The third-order valence-electron chi connectivity index (χ3n) is 5.28. The lowest BCUT2D eigenvalue weighted by Gasteiger charge is -2.32. The van der Waals surface area contributed by atoms with Crippen molar-refractivity contribution in [3.05, 3.63) is 35.4 Å². The molecule has 29 heavy (non-hydrogen) atoms. The van der Waals surface area contributed by atoms with E-state index in [2.05, 4.69) is 17.4 Å². The first kappa shape index (κ1) is 22.9. The lowest BCUT2D eigenvalue weighted by molar-refractivity contribution is -0.146. The SMILES string of the molecule is COC(=O)C(CC(C)C)NC(=O)CC(C)(C)CC(=O)N1CCc2ccccc2C1. The molecule has 160 valence electrons. The molecule has 0 spiro atoms. The van der Waals surface area contributed by atoms with Gasteiger partial charge in [0.1, 0.15) is 6.04 Å². The van der Waals surface area contributed by atoms with Crippen LogP contribution in [0.15, 0.2) is 24.3 Å². The van der Waals surface area contributed by atoms with Crippen LogP contribution in [0.25, 0.3) is 0 Å². The maximum Gasteiger partial charge on any atom is 0.328 e. The number of benzene rings is 1. The normalized spacial score (nSPS) is 14.9. The largest absolute Gasteiger partial charge is 0.467 e. The van der Waals surface area contributed by atoms with Crippen molar-refractivity contribution in [3.63, 3.8) is 0 Å². The number of carbonyl (C=O) groups is 3. The predicted molar refractivity (Wildman–Crippen MR) is 112 cm³/mol. The molecule has 1 atom stereocenters. The van der Waals surface area contributed by atoms with Gasteiger partial charge in [-0.15, -0.1) is 0 Å². The Morgan fingerprint density at radius 1 is 1.14 bits per heavy atom. The molecule has 0 fully saturated rings. The number of hydrogen-bond acceptors (Lipinski definition) is 4. The maximum atomic E-state index is 12.8. The minimum absolute atomic E-state index is 0.0593. The molecule has 0 aliphatic carbocycles. The highest BCUT2D eigenvalue weighted by Crippen LogP contribution is 2.28. The molecular weight excluding hydrogens is 368 g/mol. The quantitative estimate of drug-likeness (QED) is 0.678. The molecular formula is C23H34N2O4. The van der Waals surface area contributed by atoms with Crippen LogP contribution in [0.3, 0.4) is 0 Å². The molecule has 0 saturated carbocycles. The first-order valence-electron chi connectivity index (χ1n) is 10.3. The molecule has 0 bridgehead atoms. The number of ether oxygens (including phenoxy) is 1. The van der Waals surface area contributed by atoms with Gasteiger partial charge in [0.05, 0.1) is 7.11 Å². The molecule has 1 unspecified atom stereocenters. The van der Waals surface area contributed by atoms with E-state index in [0.29, 0.717) is 19.5 Å². The van der Waals surface area contributed by atoms with Gasteiger partial charge in [0.2, 0.25) is 11.8 Å². The average molecular weight is 403 g/mol. The Balaban J connectivity index is 1.92. The zero-order valence-electron chi connectivity index (χ0n) is 18.3. The second kappa shape index (κ2) is 9.90. The summed E-state index contributed by atoms with van der Waals surface area (Å²) in [5.74, 6) is -0.365. The van der Waals surface area contributed by atoms with Gasteiger partial charge in [-0.2, -0.15) is 0 Å². The summed E-state index contributed by atoms with van der Waals surface area (Å²) in [6.07, 6.45) is 1.84. The lowest BCUT2D eigenvalue weighted by Crippen LogP contribution is -2.44. The third-order valence-corrected chi connectivity index (χ3v) is 5.28. The molecule has 1 aliphatic rings. The van der Waals surface area contributed by atoms with E-state index in [9.17, 15) is 14.4 Å². The standard InChI is InChI=1S/C23H34N2O4/c1-16(2)12-19(22(28)29-5)24-20(26)13-23(3,4)14-21(27)25-11-10-17-8-6-7-9-18(17)15-25/h6-9,16,19H,10-15H2,1-5H3,(H,24,26). The minimum atomic E-state index is -0.655. The fraction of sp³-hybridized carbons (Fsp3) is 0.609. The number of nitrogens with zero attached hydrogens (tertiary/aromatic N) is 1. The number of esters is 1. The van der Waals surface area contributed by atoms with Crippen LogP contribution in [0.5, 0.6) is 0 Å². The maximum absolute atomic E-state index is 12.8. The van der Waals surface area contributed by atoms with Gasteiger partial charge in [0.15, 0.2) is 0 Å². The molecule has 1 aromatic rings. The van der Waals surface area contributed by atoms with E-state index in [-0.39, 0.29) is 30.6 Å². The van der Waals surface area contributed by atoms with E-state index in [1.54, 1.807) is 0 Å². The van der Waals surface area contributed by atoms with Crippen LogP contribution in [0, 0.1) is 11.3 Å². The molecule has 1 N–H and O–H groups in total. The van der Waals surface area contributed by atoms with Crippen molar-refractivity contribution in [2.24, 2.45) is 11.3 Å². The highest BCUT2D eigenvalue weighted by Gasteiger charge is 2.31. The Hall–Kier alpha value is -2.37. The van der Waals surface area contributed by atoms with Crippen molar-refractivity contribution in [2.75, 3.05) is 13.7 Å². The van der Waals surface area contributed by atoms with Crippen molar-refractivity contribution in [3.8, 4) is 0 Å². The zero-order chi connectivity index (χ0) is 21.6. The van der Waals surface area contributed by atoms with Crippen LogP contribution in [-0.4, -0.2) is 42.4 Å². The fourth-order valence-corrected chi connectivity index (χ4v) is 3.80. The van der Waals surface area contributed by atoms with Crippen LogP contribution in [-0.2, 0) is 32.1 Å². The Labute approximate surface area is 174 Å². The molecule has 6 nitrogen and oxygen atoms in total. The fourth-order valence-electron chi connectivity index (χ4n) is 3.80. The van der Waals surface area contributed by atoms with Gasteiger partial charge in [0.25, 0.3) is 0 Å². The summed E-state index contributed by atoms with van der Waals surface area (Å²) < 4.78 is 4.80. The Kier molecular flexibility index (Phi) is 7.82. The van der Waals surface area contributed by atoms with Gasteiger partial charge in [-0.05, 0) is 35.3 Å². The smallest absolute Gasteiger partial charge is 0.328 e. The number of carbonyl (C=O) groups excluding carboxylic acids is 3. The molecule has 1 aliphatic heterocycles. The summed E-state index contributed by atoms with van der Waals surface area (Å²) >= 11 is 0. The molecule has 6 heteroatoms. The summed E-state index contributed by atoms with van der Waals surface area (Å²) in [6.45, 7) is 9.13. The van der Waals surface area contributed by atoms with Crippen LogP contribution < -0.4 is 5.32 Å². The topological polar surface area (TPSA) is 75.7 Å². The molecule has 0 saturated heterocycles. The predicted octanol–water partition coefficient (Wildman–Crippen LogP) is 3.08. The van der Waals surface area contributed by atoms with Gasteiger partial charge in [-0.3, -0.25) is 9.59 Å². The number of fused-ring (bicyclic) bond motifs is 1. The summed E-state index contributed by atoms with van der Waals surface area (Å²) in [5.41, 5.74) is 1.99. The Bertz CT molecular complexity index is 742. The van der Waals surface area contributed by atoms with Crippen LogP contribution in [0.1, 0.15) is 58.1 Å². The van der Waals surface area contributed by atoms with E-state index in [1.165, 1.54) is 18.2 Å². The Morgan fingerprint density at radius 3 is 2.41 bits per heavy atom. The van der Waals surface area contributed by atoms with Gasteiger partial charge >= 0.3 is 5.97 Å². The minimum Gasteiger partial charge on any atom is -0.467 e. The van der Waals surface area contributed by atoms with E-state index in [1.807, 2.05) is 44.7 Å². The molecule has 0 aromatic heterocycles. The highest BCUT2D eigenvalue weighted by atomic mass is 16.5. The summed E-state index contributed by atoms with van der Waals surface area (Å²) in [4.78, 5) is 39.2. The summed E-state index contributed by atoms with van der Waals surface area (Å²) in [6, 6.07) is 7.54. The van der Waals surface area contributed by atoms with Crippen molar-refractivity contribution in [1.29, 1.82) is 0 Å². The first-order valence-corrected chi connectivity index (χ1v) is 10.3. The van der Waals surface area contributed by atoms with Crippen molar-refractivity contribution < 1.29 is 19.1 Å².